The van der Waals surface area contributed by atoms with E-state index in [0.29, 0.717) is 29.0 Å². The number of amides is 1. The summed E-state index contributed by atoms with van der Waals surface area (Å²) in [6.07, 6.45) is 4.66. The molecule has 3 rings (SSSR count). The van der Waals surface area contributed by atoms with Gasteiger partial charge in [0.1, 0.15) is 5.75 Å². The quantitative estimate of drug-likeness (QED) is 0.863. The molecule has 1 aromatic heterocycles. The highest BCUT2D eigenvalue weighted by Crippen LogP contribution is 2.47. The van der Waals surface area contributed by atoms with Crippen molar-refractivity contribution in [2.45, 2.75) is 26.2 Å². The largest absolute Gasteiger partial charge is 0.492 e. The Morgan fingerprint density at radius 1 is 1.50 bits per heavy atom. The Bertz CT molecular complexity index is 742. The summed E-state index contributed by atoms with van der Waals surface area (Å²) in [6.45, 7) is 4.77. The third-order valence-electron chi connectivity index (χ3n) is 4.05. The molecular formula is C18H22ClN3O2. The molecule has 0 spiro atoms. The van der Waals surface area contributed by atoms with Crippen LogP contribution < -0.4 is 10.1 Å². The van der Waals surface area contributed by atoms with E-state index in [0.717, 1.165) is 12.0 Å². The van der Waals surface area contributed by atoms with Crippen molar-refractivity contribution in [3.05, 3.63) is 41.2 Å². The van der Waals surface area contributed by atoms with E-state index in [1.54, 1.807) is 16.8 Å². The highest BCUT2D eigenvalue weighted by Gasteiger charge is 2.44. The molecule has 24 heavy (non-hydrogen) atoms. The number of hydrogen-bond acceptors (Lipinski definition) is 3. The lowest BCUT2D eigenvalue weighted by molar-refractivity contribution is -0.117. The van der Waals surface area contributed by atoms with Crippen LogP contribution in [0, 0.1) is 11.8 Å². The van der Waals surface area contributed by atoms with Crippen molar-refractivity contribution in [2.75, 3.05) is 11.9 Å². The number of rotatable bonds is 6. The predicted molar refractivity (Wildman–Crippen MR) is 94.5 cm³/mol. The fraction of sp³-hybridized carbons (Fsp3) is 0.444. The predicted octanol–water partition coefficient (Wildman–Crippen LogP) is 3.85. The molecule has 2 unspecified atom stereocenters. The van der Waals surface area contributed by atoms with Crippen LogP contribution >= 0.6 is 11.6 Å². The van der Waals surface area contributed by atoms with Gasteiger partial charge in [-0.15, -0.1) is 0 Å². The molecule has 1 fully saturated rings. The number of nitrogens with one attached hydrogen (secondary N) is 1. The molecule has 0 bridgehead atoms. The molecule has 0 aliphatic heterocycles. The van der Waals surface area contributed by atoms with Gasteiger partial charge < -0.3 is 10.1 Å². The van der Waals surface area contributed by atoms with Gasteiger partial charge >= 0.3 is 0 Å². The Balaban J connectivity index is 1.58. The Morgan fingerprint density at radius 2 is 2.29 bits per heavy atom. The molecule has 1 N–H and O–H groups in total. The van der Waals surface area contributed by atoms with Gasteiger partial charge in [0.15, 0.2) is 0 Å². The van der Waals surface area contributed by atoms with Crippen LogP contribution in [0.15, 0.2) is 30.6 Å². The van der Waals surface area contributed by atoms with Crippen molar-refractivity contribution in [3.63, 3.8) is 0 Å². The molecule has 2 atom stereocenters. The van der Waals surface area contributed by atoms with E-state index in [-0.39, 0.29) is 17.7 Å². The van der Waals surface area contributed by atoms with Crippen LogP contribution in [-0.2, 0) is 11.8 Å². The second-order valence-corrected chi connectivity index (χ2v) is 7.14. The molecule has 6 heteroatoms. The average molecular weight is 348 g/mol. The summed E-state index contributed by atoms with van der Waals surface area (Å²) < 4.78 is 7.40. The molecule has 0 saturated heterocycles. The van der Waals surface area contributed by atoms with Gasteiger partial charge in [-0.1, -0.05) is 25.4 Å². The number of aromatic nitrogens is 2. The van der Waals surface area contributed by atoms with E-state index >= 15 is 0 Å². The molecule has 0 radical (unpaired) electrons. The summed E-state index contributed by atoms with van der Waals surface area (Å²) in [4.78, 5) is 12.4. The number of aryl methyl sites for hydroxylation is 1. The number of halogens is 1. The normalized spacial score (nSPS) is 19.4. The van der Waals surface area contributed by atoms with Crippen LogP contribution in [0.2, 0.25) is 5.02 Å². The van der Waals surface area contributed by atoms with E-state index in [1.165, 1.54) is 0 Å². The first-order chi connectivity index (χ1) is 11.4. The standard InChI is InChI=1S/C18H22ClN3O2/c1-11(2)10-24-17-5-4-13(6-16(17)19)21-18(23)15-7-14(15)12-8-20-22(3)9-12/h4-6,8-9,11,14-15H,7,10H2,1-3H3,(H,21,23). The van der Waals surface area contributed by atoms with Gasteiger partial charge in [-0.2, -0.15) is 5.10 Å². The third kappa shape index (κ3) is 3.90. The fourth-order valence-corrected chi connectivity index (χ4v) is 2.91. The minimum atomic E-state index is 0.00448. The first-order valence-electron chi connectivity index (χ1n) is 8.16. The maximum Gasteiger partial charge on any atom is 0.228 e. The zero-order chi connectivity index (χ0) is 17.3. The topological polar surface area (TPSA) is 56.1 Å². The van der Waals surface area contributed by atoms with Crippen LogP contribution in [0.4, 0.5) is 5.69 Å². The SMILES string of the molecule is CC(C)COc1ccc(NC(=O)C2CC2c2cnn(C)c2)cc1Cl. The van der Waals surface area contributed by atoms with Gasteiger partial charge in [-0.3, -0.25) is 9.48 Å². The van der Waals surface area contributed by atoms with Gasteiger partial charge in [0.25, 0.3) is 0 Å². The number of nitrogens with zero attached hydrogens (tertiary/aromatic N) is 2. The van der Waals surface area contributed by atoms with Crippen molar-refractivity contribution in [1.82, 2.24) is 9.78 Å². The number of carbonyl (C=O) groups excluding carboxylic acids is 1. The van der Waals surface area contributed by atoms with Crippen LogP contribution in [0.25, 0.3) is 0 Å². The molecule has 1 heterocycles. The third-order valence-corrected chi connectivity index (χ3v) is 4.35. The van der Waals surface area contributed by atoms with E-state index in [2.05, 4.69) is 24.3 Å². The van der Waals surface area contributed by atoms with E-state index in [4.69, 9.17) is 16.3 Å². The zero-order valence-electron chi connectivity index (χ0n) is 14.1. The van der Waals surface area contributed by atoms with E-state index in [1.807, 2.05) is 25.5 Å². The fourth-order valence-electron chi connectivity index (χ4n) is 2.67. The molecule has 1 saturated carbocycles. The van der Waals surface area contributed by atoms with Crippen LogP contribution in [-0.4, -0.2) is 22.3 Å². The van der Waals surface area contributed by atoms with Gasteiger partial charge in [-0.05, 0) is 42.0 Å². The van der Waals surface area contributed by atoms with Crippen molar-refractivity contribution in [3.8, 4) is 5.75 Å². The van der Waals surface area contributed by atoms with Crippen LogP contribution in [0.5, 0.6) is 5.75 Å². The van der Waals surface area contributed by atoms with Gasteiger partial charge in [0.05, 0.1) is 17.8 Å². The maximum atomic E-state index is 12.4. The Kier molecular flexibility index (Phi) is 4.81. The van der Waals surface area contributed by atoms with Crippen molar-refractivity contribution in [2.24, 2.45) is 18.9 Å². The van der Waals surface area contributed by atoms with Crippen LogP contribution in [0.1, 0.15) is 31.7 Å². The second kappa shape index (κ2) is 6.85. The molecule has 2 aromatic rings. The lowest BCUT2D eigenvalue weighted by Gasteiger charge is -2.12. The first-order valence-corrected chi connectivity index (χ1v) is 8.53. The number of ether oxygens (including phenoxy) is 1. The lowest BCUT2D eigenvalue weighted by atomic mass is 10.2. The van der Waals surface area contributed by atoms with Crippen LogP contribution in [0.3, 0.4) is 0 Å². The molecule has 5 nitrogen and oxygen atoms in total. The summed E-state index contributed by atoms with van der Waals surface area (Å²) in [5.74, 6) is 1.37. The molecule has 1 aliphatic carbocycles. The minimum absolute atomic E-state index is 0.00448. The summed E-state index contributed by atoms with van der Waals surface area (Å²) in [5, 5.41) is 7.60. The molecule has 1 amide bonds. The Labute approximate surface area is 147 Å². The number of anilines is 1. The minimum Gasteiger partial charge on any atom is -0.492 e. The number of benzene rings is 1. The maximum absolute atomic E-state index is 12.4. The van der Waals surface area contributed by atoms with Crippen molar-refractivity contribution >= 4 is 23.2 Å². The smallest absolute Gasteiger partial charge is 0.228 e. The number of carbonyl (C=O) groups is 1. The molecule has 1 aliphatic rings. The van der Waals surface area contributed by atoms with E-state index < -0.39 is 0 Å². The molecule has 1 aromatic carbocycles. The summed E-state index contributed by atoms with van der Waals surface area (Å²) in [5.41, 5.74) is 1.81. The summed E-state index contributed by atoms with van der Waals surface area (Å²) >= 11 is 6.23. The molecule has 128 valence electrons. The van der Waals surface area contributed by atoms with Gasteiger partial charge in [0.2, 0.25) is 5.91 Å². The van der Waals surface area contributed by atoms with Gasteiger partial charge in [-0.25, -0.2) is 0 Å². The van der Waals surface area contributed by atoms with Crippen molar-refractivity contribution < 1.29 is 9.53 Å². The highest BCUT2D eigenvalue weighted by molar-refractivity contribution is 6.32. The molecular weight excluding hydrogens is 326 g/mol. The second-order valence-electron chi connectivity index (χ2n) is 6.74. The highest BCUT2D eigenvalue weighted by atomic mass is 35.5. The summed E-state index contributed by atoms with van der Waals surface area (Å²) in [7, 11) is 1.88. The monoisotopic (exact) mass is 347 g/mol. The van der Waals surface area contributed by atoms with Gasteiger partial charge in [0, 0.05) is 24.8 Å². The first kappa shape index (κ1) is 16.8. The van der Waals surface area contributed by atoms with E-state index in [9.17, 15) is 4.79 Å². The number of hydrogen-bond donors (Lipinski definition) is 1. The Morgan fingerprint density at radius 3 is 2.92 bits per heavy atom. The van der Waals surface area contributed by atoms with Crippen molar-refractivity contribution in [1.29, 1.82) is 0 Å². The zero-order valence-corrected chi connectivity index (χ0v) is 14.9. The Hall–Kier alpha value is -2.01. The lowest BCUT2D eigenvalue weighted by Crippen LogP contribution is -2.14. The summed E-state index contributed by atoms with van der Waals surface area (Å²) in [6, 6.07) is 5.35. The average Bonchev–Trinajstić information content (AvgIpc) is 3.21.